The van der Waals surface area contributed by atoms with Crippen LogP contribution in [-0.2, 0) is 0 Å². The van der Waals surface area contributed by atoms with Gasteiger partial charge in [0.2, 0.25) is 0 Å². The molecule has 0 aliphatic carbocycles. The van der Waals surface area contributed by atoms with Crippen molar-refractivity contribution in [3.05, 3.63) is 33.4 Å². The summed E-state index contributed by atoms with van der Waals surface area (Å²) in [5, 5.41) is 0. The van der Waals surface area contributed by atoms with Crippen LogP contribution in [0, 0.1) is 9.49 Å². The summed E-state index contributed by atoms with van der Waals surface area (Å²) in [6.07, 6.45) is 0. The van der Waals surface area contributed by atoms with Gasteiger partial charge in [0.25, 0.3) is 5.91 Å². The van der Waals surface area contributed by atoms with Gasteiger partial charge in [-0.3, -0.25) is 4.79 Å². The maximum Gasteiger partial charge on any atom is 0.254 e. The minimum absolute atomic E-state index is 0.174. The molecule has 1 aliphatic heterocycles. The molecule has 3 heteroatoms. The van der Waals surface area contributed by atoms with Crippen LogP contribution in [0.1, 0.15) is 17.3 Å². The van der Waals surface area contributed by atoms with E-state index in [9.17, 15) is 4.79 Å². The zero-order valence-electron chi connectivity index (χ0n) is 8.03. The summed E-state index contributed by atoms with van der Waals surface area (Å²) in [7, 11) is 0. The third kappa shape index (κ3) is 1.78. The van der Waals surface area contributed by atoms with E-state index in [0.717, 1.165) is 22.2 Å². The van der Waals surface area contributed by atoms with Crippen molar-refractivity contribution in [3.8, 4) is 0 Å². The van der Waals surface area contributed by atoms with Crippen molar-refractivity contribution >= 4 is 28.5 Å². The highest BCUT2D eigenvalue weighted by Gasteiger charge is 2.28. The average Bonchev–Trinajstić information content (AvgIpc) is 2.13. The van der Waals surface area contributed by atoms with Crippen LogP contribution >= 0.6 is 22.6 Å². The molecule has 1 heterocycles. The molecule has 0 unspecified atom stereocenters. The number of amides is 1. The summed E-state index contributed by atoms with van der Waals surface area (Å²) in [4.78, 5) is 13.8. The van der Waals surface area contributed by atoms with Crippen LogP contribution < -0.4 is 0 Å². The van der Waals surface area contributed by atoms with Gasteiger partial charge >= 0.3 is 0 Å². The average molecular weight is 301 g/mol. The Balaban J connectivity index is 2.16. The van der Waals surface area contributed by atoms with Crippen molar-refractivity contribution in [2.75, 3.05) is 13.1 Å². The Labute approximate surface area is 97.4 Å². The van der Waals surface area contributed by atoms with Gasteiger partial charge in [-0.1, -0.05) is 19.1 Å². The second-order valence-electron chi connectivity index (χ2n) is 3.80. The summed E-state index contributed by atoms with van der Waals surface area (Å²) >= 11 is 2.21. The molecule has 1 aromatic carbocycles. The highest BCUT2D eigenvalue weighted by Crippen LogP contribution is 2.20. The van der Waals surface area contributed by atoms with Gasteiger partial charge in [0.1, 0.15) is 0 Å². The molecule has 2 rings (SSSR count). The topological polar surface area (TPSA) is 20.3 Å². The third-order valence-corrected chi connectivity index (χ3v) is 3.40. The fraction of sp³-hybridized carbons (Fsp3) is 0.364. The second-order valence-corrected chi connectivity index (χ2v) is 4.96. The van der Waals surface area contributed by atoms with Crippen LogP contribution in [0.4, 0.5) is 0 Å². The van der Waals surface area contributed by atoms with E-state index >= 15 is 0 Å². The highest BCUT2D eigenvalue weighted by atomic mass is 127. The van der Waals surface area contributed by atoms with Gasteiger partial charge in [0.15, 0.2) is 0 Å². The predicted molar refractivity (Wildman–Crippen MR) is 64.2 cm³/mol. The van der Waals surface area contributed by atoms with Gasteiger partial charge in [-0.05, 0) is 40.6 Å². The molecule has 1 saturated heterocycles. The lowest BCUT2D eigenvalue weighted by atomic mass is 10.0. The van der Waals surface area contributed by atoms with Crippen LogP contribution in [0.15, 0.2) is 24.3 Å². The first-order valence-corrected chi connectivity index (χ1v) is 5.80. The van der Waals surface area contributed by atoms with Crippen molar-refractivity contribution in [2.24, 2.45) is 5.92 Å². The van der Waals surface area contributed by atoms with Crippen LogP contribution in [0.2, 0.25) is 0 Å². The van der Waals surface area contributed by atoms with E-state index in [2.05, 4.69) is 29.5 Å². The first-order chi connectivity index (χ1) is 6.68. The Morgan fingerprint density at radius 2 is 2.07 bits per heavy atom. The molecule has 2 nitrogen and oxygen atoms in total. The first kappa shape index (κ1) is 9.96. The Morgan fingerprint density at radius 3 is 2.64 bits per heavy atom. The fourth-order valence-electron chi connectivity index (χ4n) is 1.67. The van der Waals surface area contributed by atoms with E-state index in [1.165, 1.54) is 0 Å². The van der Waals surface area contributed by atoms with Gasteiger partial charge in [0.05, 0.1) is 5.56 Å². The predicted octanol–water partition coefficient (Wildman–Crippen LogP) is 2.38. The number of hydrogen-bond donors (Lipinski definition) is 0. The minimum Gasteiger partial charge on any atom is -0.338 e. The van der Waals surface area contributed by atoms with Crippen LogP contribution in [0.3, 0.4) is 0 Å². The van der Waals surface area contributed by atoms with E-state index in [4.69, 9.17) is 0 Å². The van der Waals surface area contributed by atoms with Crippen LogP contribution in [-0.4, -0.2) is 23.9 Å². The van der Waals surface area contributed by atoms with Gasteiger partial charge in [0, 0.05) is 16.7 Å². The molecule has 1 aromatic rings. The van der Waals surface area contributed by atoms with Gasteiger partial charge in [-0.2, -0.15) is 0 Å². The number of nitrogens with zero attached hydrogens (tertiary/aromatic N) is 1. The smallest absolute Gasteiger partial charge is 0.254 e. The molecule has 0 bridgehead atoms. The first-order valence-electron chi connectivity index (χ1n) is 4.72. The largest absolute Gasteiger partial charge is 0.338 e. The molecule has 0 aromatic heterocycles. The molecule has 1 fully saturated rings. The Morgan fingerprint density at radius 1 is 1.43 bits per heavy atom. The van der Waals surface area contributed by atoms with E-state index in [1.807, 2.05) is 29.2 Å². The summed E-state index contributed by atoms with van der Waals surface area (Å²) in [5.41, 5.74) is 0.833. The molecule has 1 aliphatic rings. The molecule has 0 spiro atoms. The Bertz CT molecular complexity index is 358. The quantitative estimate of drug-likeness (QED) is 0.729. The SMILES string of the molecule is CC1CN(C(=O)c2ccccc2I)C1. The summed E-state index contributed by atoms with van der Waals surface area (Å²) < 4.78 is 1.04. The van der Waals surface area contributed by atoms with Crippen LogP contribution in [0.5, 0.6) is 0 Å². The molecule has 0 radical (unpaired) electrons. The molecule has 1 amide bonds. The molecular weight excluding hydrogens is 289 g/mol. The molecule has 14 heavy (non-hydrogen) atoms. The number of rotatable bonds is 1. The lowest BCUT2D eigenvalue weighted by molar-refractivity contribution is 0.0529. The second kappa shape index (κ2) is 3.88. The zero-order valence-corrected chi connectivity index (χ0v) is 10.2. The molecule has 0 saturated carbocycles. The summed E-state index contributed by atoms with van der Waals surface area (Å²) in [6, 6.07) is 7.74. The molecule has 0 N–H and O–H groups in total. The maximum atomic E-state index is 11.9. The van der Waals surface area contributed by atoms with E-state index in [1.54, 1.807) is 0 Å². The number of hydrogen-bond acceptors (Lipinski definition) is 1. The molecular formula is C11H12INO. The minimum atomic E-state index is 0.174. The lowest BCUT2D eigenvalue weighted by Crippen LogP contribution is -2.48. The van der Waals surface area contributed by atoms with Crippen molar-refractivity contribution in [1.29, 1.82) is 0 Å². The molecule has 74 valence electrons. The number of likely N-dealkylation sites (tertiary alicyclic amines) is 1. The van der Waals surface area contributed by atoms with E-state index < -0.39 is 0 Å². The van der Waals surface area contributed by atoms with Crippen molar-refractivity contribution in [2.45, 2.75) is 6.92 Å². The Hall–Kier alpha value is -0.580. The van der Waals surface area contributed by atoms with Crippen molar-refractivity contribution in [3.63, 3.8) is 0 Å². The van der Waals surface area contributed by atoms with E-state index in [0.29, 0.717) is 5.92 Å². The lowest BCUT2D eigenvalue weighted by Gasteiger charge is -2.37. The zero-order chi connectivity index (χ0) is 10.1. The van der Waals surface area contributed by atoms with Gasteiger partial charge < -0.3 is 4.90 Å². The molecule has 0 atom stereocenters. The highest BCUT2D eigenvalue weighted by molar-refractivity contribution is 14.1. The van der Waals surface area contributed by atoms with Gasteiger partial charge in [-0.15, -0.1) is 0 Å². The van der Waals surface area contributed by atoms with Crippen molar-refractivity contribution < 1.29 is 4.79 Å². The maximum absolute atomic E-state index is 11.9. The van der Waals surface area contributed by atoms with Gasteiger partial charge in [-0.25, -0.2) is 0 Å². The monoisotopic (exact) mass is 301 g/mol. The normalized spacial score (nSPS) is 16.6. The summed E-state index contributed by atoms with van der Waals surface area (Å²) in [6.45, 7) is 3.98. The number of carbonyl (C=O) groups is 1. The fourth-order valence-corrected chi connectivity index (χ4v) is 2.29. The summed E-state index contributed by atoms with van der Waals surface area (Å²) in [5.74, 6) is 0.841. The Kier molecular flexibility index (Phi) is 2.76. The van der Waals surface area contributed by atoms with Crippen molar-refractivity contribution in [1.82, 2.24) is 4.90 Å². The number of carbonyl (C=O) groups excluding carboxylic acids is 1. The van der Waals surface area contributed by atoms with Crippen LogP contribution in [0.25, 0.3) is 0 Å². The standard InChI is InChI=1S/C11H12INO/c1-8-6-13(7-8)11(14)9-4-2-3-5-10(9)12/h2-5,8H,6-7H2,1H3. The number of halogens is 1. The number of benzene rings is 1. The van der Waals surface area contributed by atoms with E-state index in [-0.39, 0.29) is 5.91 Å². The third-order valence-electron chi connectivity index (χ3n) is 2.46.